The highest BCUT2D eigenvalue weighted by Gasteiger charge is 2.38. The summed E-state index contributed by atoms with van der Waals surface area (Å²) >= 11 is 0. The molecule has 0 saturated carbocycles. The number of hydrogen-bond donors (Lipinski definition) is 2. The van der Waals surface area contributed by atoms with E-state index in [1.165, 1.54) is 11.0 Å². The predicted molar refractivity (Wildman–Crippen MR) is 116 cm³/mol. The fourth-order valence-corrected chi connectivity index (χ4v) is 3.64. The van der Waals surface area contributed by atoms with Crippen molar-refractivity contribution in [3.8, 4) is 11.5 Å². The molecule has 3 N–H and O–H groups in total. The van der Waals surface area contributed by atoms with E-state index in [0.717, 1.165) is 0 Å². The molecule has 0 fully saturated rings. The fraction of sp³-hybridized carbons (Fsp3) is 0.130. The predicted octanol–water partition coefficient (Wildman–Crippen LogP) is 2.34. The van der Waals surface area contributed by atoms with Crippen LogP contribution in [0, 0.1) is 0 Å². The van der Waals surface area contributed by atoms with Crippen molar-refractivity contribution in [1.29, 1.82) is 0 Å². The normalized spacial score (nSPS) is 16.9. The van der Waals surface area contributed by atoms with Crippen molar-refractivity contribution in [2.45, 2.75) is 6.10 Å². The van der Waals surface area contributed by atoms with Crippen LogP contribution in [0.1, 0.15) is 22.0 Å². The first-order valence-electron chi connectivity index (χ1n) is 9.89. The second-order valence-electron chi connectivity index (χ2n) is 7.36. The molecule has 160 valence electrons. The van der Waals surface area contributed by atoms with Gasteiger partial charge in [0.2, 0.25) is 6.10 Å². The zero-order chi connectivity index (χ0) is 22.2. The number of nitrogens with two attached hydrogens (primary N) is 1. The Morgan fingerprint density at radius 2 is 1.88 bits per heavy atom. The molecule has 9 heteroatoms. The second kappa shape index (κ2) is 7.69. The van der Waals surface area contributed by atoms with Crippen molar-refractivity contribution in [2.24, 2.45) is 0 Å². The number of rotatable bonds is 4. The summed E-state index contributed by atoms with van der Waals surface area (Å²) in [5.41, 5.74) is 7.20. The summed E-state index contributed by atoms with van der Waals surface area (Å²) in [6.45, 7) is -0.351. The largest absolute Gasteiger partial charge is 0.482 e. The number of Topliss-reactive ketones (excluding diaryl/α,β-unsaturated/α-hetero) is 1. The van der Waals surface area contributed by atoms with Crippen LogP contribution in [0.25, 0.3) is 0 Å². The van der Waals surface area contributed by atoms with Gasteiger partial charge in [-0.1, -0.05) is 30.3 Å². The summed E-state index contributed by atoms with van der Waals surface area (Å²) in [4.78, 5) is 43.6. The summed E-state index contributed by atoms with van der Waals surface area (Å²) in [5.74, 6) is 0.146. The van der Waals surface area contributed by atoms with Gasteiger partial charge in [-0.25, -0.2) is 4.98 Å². The molecular weight excluding hydrogens is 412 g/mol. The van der Waals surface area contributed by atoms with E-state index >= 15 is 0 Å². The highest BCUT2D eigenvalue weighted by Crippen LogP contribution is 2.38. The zero-order valence-electron chi connectivity index (χ0n) is 16.8. The number of amides is 2. The van der Waals surface area contributed by atoms with Crippen LogP contribution < -0.4 is 25.4 Å². The topological polar surface area (TPSA) is 124 Å². The average Bonchev–Trinajstić information content (AvgIpc) is 2.81. The SMILES string of the molecule is Nc1ccc2c(n1)N(CC(=O)c1ccc3c(c1)NC(=O)CO3)C(=O)C(c1ccccc1)O2. The molecule has 9 nitrogen and oxygen atoms in total. The fourth-order valence-electron chi connectivity index (χ4n) is 3.64. The molecule has 0 saturated heterocycles. The smallest absolute Gasteiger partial charge is 0.274 e. The molecule has 0 aliphatic carbocycles. The van der Waals surface area contributed by atoms with E-state index in [1.807, 2.05) is 18.2 Å². The number of fused-ring (bicyclic) bond motifs is 2. The highest BCUT2D eigenvalue weighted by molar-refractivity contribution is 6.09. The monoisotopic (exact) mass is 430 g/mol. The van der Waals surface area contributed by atoms with Gasteiger partial charge in [-0.2, -0.15) is 0 Å². The van der Waals surface area contributed by atoms with E-state index < -0.39 is 12.0 Å². The third kappa shape index (κ3) is 3.49. The quantitative estimate of drug-likeness (QED) is 0.609. The van der Waals surface area contributed by atoms with E-state index in [1.54, 1.807) is 36.4 Å². The third-order valence-electron chi connectivity index (χ3n) is 5.19. The van der Waals surface area contributed by atoms with E-state index in [9.17, 15) is 14.4 Å². The maximum absolute atomic E-state index is 13.3. The molecule has 2 aliphatic heterocycles. The number of pyridine rings is 1. The van der Waals surface area contributed by atoms with Gasteiger partial charge in [-0.05, 0) is 30.3 Å². The second-order valence-corrected chi connectivity index (χ2v) is 7.36. The Morgan fingerprint density at radius 1 is 1.09 bits per heavy atom. The van der Waals surface area contributed by atoms with Gasteiger partial charge in [-0.15, -0.1) is 0 Å². The maximum atomic E-state index is 13.3. The molecule has 2 aliphatic rings. The molecular formula is C23H18N4O5. The number of benzene rings is 2. The number of hydrogen-bond acceptors (Lipinski definition) is 7. The van der Waals surface area contributed by atoms with Crippen molar-refractivity contribution in [3.05, 3.63) is 71.8 Å². The molecule has 2 amide bonds. The number of nitrogens with one attached hydrogen (secondary N) is 1. The first-order chi connectivity index (χ1) is 15.5. The molecule has 3 aromatic rings. The van der Waals surface area contributed by atoms with Crippen molar-refractivity contribution in [3.63, 3.8) is 0 Å². The van der Waals surface area contributed by atoms with E-state index in [-0.39, 0.29) is 36.5 Å². The molecule has 1 aromatic heterocycles. The number of ketones is 1. The molecule has 0 radical (unpaired) electrons. The Kier molecular flexibility index (Phi) is 4.70. The van der Waals surface area contributed by atoms with Crippen LogP contribution >= 0.6 is 0 Å². The zero-order valence-corrected chi connectivity index (χ0v) is 16.8. The van der Waals surface area contributed by atoms with Crippen molar-refractivity contribution in [1.82, 2.24) is 4.98 Å². The Balaban J connectivity index is 1.48. The van der Waals surface area contributed by atoms with Gasteiger partial charge < -0.3 is 20.5 Å². The minimum Gasteiger partial charge on any atom is -0.482 e. The first kappa shape index (κ1) is 19.6. The van der Waals surface area contributed by atoms with E-state index in [4.69, 9.17) is 15.2 Å². The van der Waals surface area contributed by atoms with Crippen LogP contribution in [-0.4, -0.2) is 35.7 Å². The van der Waals surface area contributed by atoms with Gasteiger partial charge in [0.1, 0.15) is 11.6 Å². The molecule has 2 aromatic carbocycles. The van der Waals surface area contributed by atoms with Crippen LogP contribution in [0.2, 0.25) is 0 Å². The third-order valence-corrected chi connectivity index (χ3v) is 5.19. The molecule has 1 unspecified atom stereocenters. The van der Waals surface area contributed by atoms with Crippen LogP contribution in [0.5, 0.6) is 11.5 Å². The Hall–Kier alpha value is -4.40. The van der Waals surface area contributed by atoms with Crippen molar-refractivity contribution >= 4 is 34.9 Å². The lowest BCUT2D eigenvalue weighted by molar-refractivity contribution is -0.126. The number of anilines is 3. The number of nitrogens with zero attached hydrogens (tertiary/aromatic N) is 2. The number of ether oxygens (including phenoxy) is 2. The van der Waals surface area contributed by atoms with Crippen molar-refractivity contribution in [2.75, 3.05) is 29.1 Å². The van der Waals surface area contributed by atoms with Crippen LogP contribution in [0.4, 0.5) is 17.3 Å². The molecule has 5 rings (SSSR count). The first-order valence-corrected chi connectivity index (χ1v) is 9.89. The summed E-state index contributed by atoms with van der Waals surface area (Å²) < 4.78 is 11.2. The summed E-state index contributed by atoms with van der Waals surface area (Å²) in [5, 5.41) is 2.67. The summed E-state index contributed by atoms with van der Waals surface area (Å²) in [6.07, 6.45) is -0.918. The minimum atomic E-state index is -0.918. The lowest BCUT2D eigenvalue weighted by atomic mass is 10.0. The summed E-state index contributed by atoms with van der Waals surface area (Å²) in [6, 6.07) is 16.9. The Morgan fingerprint density at radius 3 is 2.69 bits per heavy atom. The van der Waals surface area contributed by atoms with Crippen molar-refractivity contribution < 1.29 is 23.9 Å². The minimum absolute atomic E-state index is 0.0761. The van der Waals surface area contributed by atoms with Crippen LogP contribution in [0.15, 0.2) is 60.7 Å². The summed E-state index contributed by atoms with van der Waals surface area (Å²) in [7, 11) is 0. The van der Waals surface area contributed by atoms with E-state index in [2.05, 4.69) is 10.3 Å². The number of carbonyl (C=O) groups excluding carboxylic acids is 3. The number of nitrogen functional groups attached to an aromatic ring is 1. The Bertz CT molecular complexity index is 1240. The molecule has 3 heterocycles. The number of carbonyl (C=O) groups is 3. The lowest BCUT2D eigenvalue weighted by Gasteiger charge is -2.33. The van der Waals surface area contributed by atoms with Gasteiger partial charge in [0, 0.05) is 11.1 Å². The maximum Gasteiger partial charge on any atom is 0.274 e. The van der Waals surface area contributed by atoms with Gasteiger partial charge in [0.15, 0.2) is 24.0 Å². The molecule has 0 spiro atoms. The van der Waals surface area contributed by atoms with Gasteiger partial charge >= 0.3 is 0 Å². The standard InChI is InChI=1S/C23H18N4O5/c24-19-9-8-18-22(26-19)27(23(30)21(32-18)13-4-2-1-3-5-13)11-16(28)14-6-7-17-15(10-14)25-20(29)12-31-17/h1-10,21H,11-12H2,(H2,24,26)(H,25,29). The lowest BCUT2D eigenvalue weighted by Crippen LogP contribution is -2.44. The average molecular weight is 430 g/mol. The van der Waals surface area contributed by atoms with E-state index in [0.29, 0.717) is 28.3 Å². The molecule has 1 atom stereocenters. The molecule has 32 heavy (non-hydrogen) atoms. The number of aromatic nitrogens is 1. The van der Waals surface area contributed by atoms with Gasteiger partial charge in [-0.3, -0.25) is 19.3 Å². The Labute approximate surface area is 182 Å². The molecule has 0 bridgehead atoms. The van der Waals surface area contributed by atoms with Crippen LogP contribution in [0.3, 0.4) is 0 Å². The van der Waals surface area contributed by atoms with Gasteiger partial charge in [0.05, 0.1) is 12.2 Å². The van der Waals surface area contributed by atoms with Gasteiger partial charge in [0.25, 0.3) is 11.8 Å². The van der Waals surface area contributed by atoms with Crippen LogP contribution in [-0.2, 0) is 9.59 Å². The highest BCUT2D eigenvalue weighted by atomic mass is 16.5.